The molecule has 0 saturated carbocycles. The second-order valence-corrected chi connectivity index (χ2v) is 7.60. The number of benzene rings is 1. The van der Waals surface area contributed by atoms with E-state index in [1.165, 1.54) is 18.9 Å². The largest absolute Gasteiger partial charge is 0.497 e. The average Bonchev–Trinajstić information content (AvgIpc) is 3.05. The number of ether oxygens (including phenoxy) is 2. The minimum absolute atomic E-state index is 0.103. The van der Waals surface area contributed by atoms with E-state index < -0.39 is 0 Å². The van der Waals surface area contributed by atoms with E-state index in [1.807, 2.05) is 13.8 Å². The van der Waals surface area contributed by atoms with E-state index in [1.54, 1.807) is 35.9 Å². The Morgan fingerprint density at radius 1 is 1.33 bits per heavy atom. The molecule has 1 aliphatic rings. The van der Waals surface area contributed by atoms with Gasteiger partial charge in [-0.15, -0.1) is 0 Å². The summed E-state index contributed by atoms with van der Waals surface area (Å²) >= 11 is 1.51. The molecule has 1 atom stereocenters. The van der Waals surface area contributed by atoms with Crippen LogP contribution in [0.2, 0.25) is 0 Å². The number of rotatable bonds is 6. The van der Waals surface area contributed by atoms with Crippen LogP contribution in [0.4, 0.5) is 5.69 Å². The molecule has 1 aromatic heterocycles. The lowest BCUT2D eigenvalue weighted by Crippen LogP contribution is -2.28. The third-order valence-electron chi connectivity index (χ3n) is 4.40. The molecule has 1 aromatic carbocycles. The monoisotopic (exact) mass is 389 g/mol. The summed E-state index contributed by atoms with van der Waals surface area (Å²) in [5.41, 5.74) is 1.25. The van der Waals surface area contributed by atoms with Crippen molar-refractivity contribution in [2.45, 2.75) is 37.4 Å². The highest BCUT2D eigenvalue weighted by Crippen LogP contribution is 2.34. The van der Waals surface area contributed by atoms with E-state index in [2.05, 4.69) is 10.3 Å². The SMILES string of the molecule is COc1ccc(NC(=O)CC2CSc3nc(C(C)C)cc(=O)n32)c(OC)c1. The topological polar surface area (TPSA) is 82.5 Å². The van der Waals surface area contributed by atoms with Crippen molar-refractivity contribution in [3.63, 3.8) is 0 Å². The van der Waals surface area contributed by atoms with Crippen LogP contribution in [-0.4, -0.2) is 35.4 Å². The van der Waals surface area contributed by atoms with E-state index in [9.17, 15) is 9.59 Å². The third kappa shape index (κ3) is 4.10. The van der Waals surface area contributed by atoms with Crippen LogP contribution in [0.1, 0.15) is 37.9 Å². The minimum atomic E-state index is -0.213. The van der Waals surface area contributed by atoms with Crippen LogP contribution >= 0.6 is 11.8 Å². The quantitative estimate of drug-likeness (QED) is 0.765. The predicted octanol–water partition coefficient (Wildman–Crippen LogP) is 3.06. The summed E-state index contributed by atoms with van der Waals surface area (Å²) in [5.74, 6) is 1.82. The molecule has 7 nitrogen and oxygen atoms in total. The van der Waals surface area contributed by atoms with Gasteiger partial charge in [-0.3, -0.25) is 14.2 Å². The first-order valence-electron chi connectivity index (χ1n) is 8.71. The van der Waals surface area contributed by atoms with E-state index in [0.29, 0.717) is 28.1 Å². The number of aromatic nitrogens is 2. The van der Waals surface area contributed by atoms with Gasteiger partial charge < -0.3 is 14.8 Å². The number of thioether (sulfide) groups is 1. The number of anilines is 1. The molecule has 0 radical (unpaired) electrons. The summed E-state index contributed by atoms with van der Waals surface area (Å²) < 4.78 is 12.1. The molecule has 2 heterocycles. The van der Waals surface area contributed by atoms with E-state index >= 15 is 0 Å². The van der Waals surface area contributed by atoms with Gasteiger partial charge in [-0.05, 0) is 18.1 Å². The summed E-state index contributed by atoms with van der Waals surface area (Å²) in [6.45, 7) is 4.01. The summed E-state index contributed by atoms with van der Waals surface area (Å²) in [6, 6.07) is 6.54. The first-order chi connectivity index (χ1) is 12.9. The fraction of sp³-hybridized carbons (Fsp3) is 0.421. The van der Waals surface area contributed by atoms with Crippen LogP contribution in [0.25, 0.3) is 0 Å². The fourth-order valence-corrected chi connectivity index (χ4v) is 4.09. The first kappa shape index (κ1) is 19.3. The number of methoxy groups -OCH3 is 2. The molecule has 0 saturated heterocycles. The molecule has 2 aromatic rings. The average molecular weight is 389 g/mol. The van der Waals surface area contributed by atoms with Crippen molar-refractivity contribution in [1.29, 1.82) is 0 Å². The zero-order chi connectivity index (χ0) is 19.6. The van der Waals surface area contributed by atoms with Gasteiger partial charge >= 0.3 is 0 Å². The highest BCUT2D eigenvalue weighted by molar-refractivity contribution is 7.99. The van der Waals surface area contributed by atoms with Crippen LogP contribution in [-0.2, 0) is 4.79 Å². The van der Waals surface area contributed by atoms with Crippen LogP contribution in [0, 0.1) is 0 Å². The zero-order valence-electron chi connectivity index (χ0n) is 15.8. The van der Waals surface area contributed by atoms with Crippen LogP contribution < -0.4 is 20.3 Å². The third-order valence-corrected chi connectivity index (χ3v) is 5.50. The Morgan fingerprint density at radius 3 is 2.78 bits per heavy atom. The highest BCUT2D eigenvalue weighted by Gasteiger charge is 2.28. The molecule has 1 unspecified atom stereocenters. The fourth-order valence-electron chi connectivity index (χ4n) is 2.93. The summed E-state index contributed by atoms with van der Waals surface area (Å²) in [6.07, 6.45) is 0.192. The molecule has 1 N–H and O–H groups in total. The van der Waals surface area contributed by atoms with Crippen molar-refractivity contribution < 1.29 is 14.3 Å². The number of hydrogen-bond donors (Lipinski definition) is 1. The normalized spacial score (nSPS) is 15.5. The van der Waals surface area contributed by atoms with E-state index in [4.69, 9.17) is 9.47 Å². The lowest BCUT2D eigenvalue weighted by atomic mass is 10.1. The Hall–Kier alpha value is -2.48. The molecule has 1 amide bonds. The Balaban J connectivity index is 1.75. The van der Waals surface area contributed by atoms with Gasteiger partial charge in [0, 0.05) is 24.3 Å². The molecule has 0 spiro atoms. The maximum Gasteiger partial charge on any atom is 0.254 e. The van der Waals surface area contributed by atoms with Gasteiger partial charge in [-0.25, -0.2) is 4.98 Å². The van der Waals surface area contributed by atoms with Crippen molar-refractivity contribution in [3.8, 4) is 11.5 Å². The summed E-state index contributed by atoms with van der Waals surface area (Å²) in [4.78, 5) is 29.6. The molecule has 0 fully saturated rings. The van der Waals surface area contributed by atoms with Gasteiger partial charge in [0.05, 0.1) is 31.6 Å². The summed E-state index contributed by atoms with van der Waals surface area (Å²) in [5, 5.41) is 3.54. The standard InChI is InChI=1S/C19H23N3O4S/c1-11(2)15-9-18(24)22-12(10-27-19(22)21-15)7-17(23)20-14-6-5-13(25-3)8-16(14)26-4/h5-6,8-9,11-12H,7,10H2,1-4H3,(H,20,23). The Bertz CT molecular complexity index is 910. The molecule has 144 valence electrons. The summed E-state index contributed by atoms with van der Waals surface area (Å²) in [7, 11) is 3.10. The van der Waals surface area contributed by atoms with Gasteiger partial charge in [-0.1, -0.05) is 25.6 Å². The molecule has 0 aliphatic carbocycles. The Morgan fingerprint density at radius 2 is 2.11 bits per heavy atom. The minimum Gasteiger partial charge on any atom is -0.497 e. The molecular formula is C19H23N3O4S. The zero-order valence-corrected chi connectivity index (χ0v) is 16.6. The smallest absolute Gasteiger partial charge is 0.254 e. The van der Waals surface area contributed by atoms with Crippen LogP contribution in [0.15, 0.2) is 34.2 Å². The lowest BCUT2D eigenvalue weighted by molar-refractivity contribution is -0.116. The van der Waals surface area contributed by atoms with Crippen molar-refractivity contribution in [2.75, 3.05) is 25.3 Å². The predicted molar refractivity (Wildman–Crippen MR) is 105 cm³/mol. The number of nitrogens with zero attached hydrogens (tertiary/aromatic N) is 2. The second kappa shape index (κ2) is 8.04. The number of carbonyl (C=O) groups excluding carboxylic acids is 1. The van der Waals surface area contributed by atoms with Crippen LogP contribution in [0.3, 0.4) is 0 Å². The number of nitrogens with one attached hydrogen (secondary N) is 1. The van der Waals surface area contributed by atoms with Gasteiger partial charge in [0.2, 0.25) is 5.91 Å². The highest BCUT2D eigenvalue weighted by atomic mass is 32.2. The number of amides is 1. The van der Waals surface area contributed by atoms with Crippen molar-refractivity contribution >= 4 is 23.4 Å². The Kier molecular flexibility index (Phi) is 5.74. The van der Waals surface area contributed by atoms with Gasteiger partial charge in [-0.2, -0.15) is 0 Å². The van der Waals surface area contributed by atoms with Crippen molar-refractivity contribution in [1.82, 2.24) is 9.55 Å². The maximum atomic E-state index is 12.5. The number of carbonyl (C=O) groups is 1. The number of fused-ring (bicyclic) bond motifs is 1. The molecule has 0 bridgehead atoms. The van der Waals surface area contributed by atoms with Gasteiger partial charge in [0.1, 0.15) is 11.5 Å². The van der Waals surface area contributed by atoms with E-state index in [-0.39, 0.29) is 29.8 Å². The maximum absolute atomic E-state index is 12.5. The number of hydrogen-bond acceptors (Lipinski definition) is 6. The molecule has 8 heteroatoms. The molecular weight excluding hydrogens is 366 g/mol. The second-order valence-electron chi connectivity index (χ2n) is 6.61. The molecule has 3 rings (SSSR count). The molecule has 27 heavy (non-hydrogen) atoms. The first-order valence-corrected chi connectivity index (χ1v) is 9.69. The van der Waals surface area contributed by atoms with Gasteiger partial charge in [0.25, 0.3) is 5.56 Å². The van der Waals surface area contributed by atoms with Crippen LogP contribution in [0.5, 0.6) is 11.5 Å². The molecule has 1 aliphatic heterocycles. The lowest BCUT2D eigenvalue weighted by Gasteiger charge is -2.15. The van der Waals surface area contributed by atoms with Gasteiger partial charge in [0.15, 0.2) is 5.16 Å². The van der Waals surface area contributed by atoms with Crippen molar-refractivity contribution in [3.05, 3.63) is 40.3 Å². The van der Waals surface area contributed by atoms with E-state index in [0.717, 1.165) is 5.69 Å². The Labute approximate surface area is 162 Å². The van der Waals surface area contributed by atoms with Crippen molar-refractivity contribution in [2.24, 2.45) is 0 Å².